The first kappa shape index (κ1) is 9.22. The first-order valence-corrected chi connectivity index (χ1v) is 5.43. The molecule has 13 heavy (non-hydrogen) atoms. The lowest BCUT2D eigenvalue weighted by Crippen LogP contribution is -2.04. The van der Waals surface area contributed by atoms with Crippen LogP contribution in [0.5, 0.6) is 0 Å². The first-order chi connectivity index (χ1) is 6.09. The van der Waals surface area contributed by atoms with Gasteiger partial charge in [-0.05, 0) is 42.5 Å². The van der Waals surface area contributed by atoms with E-state index in [1.807, 2.05) is 0 Å². The van der Waals surface area contributed by atoms with Gasteiger partial charge in [0, 0.05) is 4.83 Å². The second kappa shape index (κ2) is 3.10. The summed E-state index contributed by atoms with van der Waals surface area (Å²) in [7, 11) is 0. The van der Waals surface area contributed by atoms with Crippen molar-refractivity contribution in [3.8, 4) is 0 Å². The van der Waals surface area contributed by atoms with Crippen LogP contribution in [0.3, 0.4) is 0 Å². The van der Waals surface area contributed by atoms with Crippen molar-refractivity contribution in [1.29, 1.82) is 0 Å². The molecule has 0 spiro atoms. The molecule has 0 fully saturated rings. The van der Waals surface area contributed by atoms with Crippen molar-refractivity contribution in [2.45, 2.75) is 31.2 Å². The molecule has 0 radical (unpaired) electrons. The zero-order valence-corrected chi connectivity index (χ0v) is 9.43. The number of aliphatic hydroxyl groups is 1. The Bertz CT molecular complexity index is 346. The van der Waals surface area contributed by atoms with E-state index in [1.165, 1.54) is 16.7 Å². The van der Waals surface area contributed by atoms with E-state index in [0.717, 1.165) is 12.0 Å². The topological polar surface area (TPSA) is 20.2 Å². The number of hydrogen-bond acceptors (Lipinski definition) is 1. The summed E-state index contributed by atoms with van der Waals surface area (Å²) in [6, 6.07) is 4.30. The second-order valence-corrected chi connectivity index (χ2v) is 4.98. The lowest BCUT2D eigenvalue weighted by molar-refractivity contribution is 0.187. The van der Waals surface area contributed by atoms with Crippen LogP contribution < -0.4 is 0 Å². The molecule has 0 heterocycles. The first-order valence-electron chi connectivity index (χ1n) is 4.51. The van der Waals surface area contributed by atoms with E-state index < -0.39 is 0 Å². The fourth-order valence-corrected chi connectivity index (χ4v) is 2.50. The van der Waals surface area contributed by atoms with Crippen LogP contribution >= 0.6 is 15.9 Å². The molecule has 0 saturated carbocycles. The fourth-order valence-electron chi connectivity index (χ4n) is 1.87. The molecule has 70 valence electrons. The third-order valence-electron chi connectivity index (χ3n) is 2.83. The van der Waals surface area contributed by atoms with Crippen LogP contribution in [-0.2, 0) is 6.42 Å². The van der Waals surface area contributed by atoms with E-state index >= 15 is 0 Å². The Balaban J connectivity index is 2.53. The number of aliphatic hydroxyl groups excluding tert-OH is 1. The minimum Gasteiger partial charge on any atom is -0.387 e. The average molecular weight is 241 g/mol. The van der Waals surface area contributed by atoms with Gasteiger partial charge >= 0.3 is 0 Å². The Morgan fingerprint density at radius 2 is 1.92 bits per heavy atom. The minimum atomic E-state index is -0.325. The number of alkyl halides is 1. The van der Waals surface area contributed by atoms with Crippen molar-refractivity contribution in [2.24, 2.45) is 0 Å². The van der Waals surface area contributed by atoms with Gasteiger partial charge in [-0.3, -0.25) is 0 Å². The molecule has 1 aliphatic rings. The highest BCUT2D eigenvalue weighted by atomic mass is 79.9. The van der Waals surface area contributed by atoms with Gasteiger partial charge in [-0.25, -0.2) is 0 Å². The summed E-state index contributed by atoms with van der Waals surface area (Å²) in [6.07, 6.45) is 0.617. The summed E-state index contributed by atoms with van der Waals surface area (Å²) in [6.45, 7) is 4.20. The third kappa shape index (κ3) is 1.42. The number of aryl methyl sites for hydroxylation is 2. The van der Waals surface area contributed by atoms with Crippen LogP contribution in [0.25, 0.3) is 0 Å². The highest BCUT2D eigenvalue weighted by Crippen LogP contribution is 2.36. The molecular weight excluding hydrogens is 228 g/mol. The molecule has 1 aliphatic carbocycles. The van der Waals surface area contributed by atoms with Crippen LogP contribution in [-0.4, -0.2) is 9.93 Å². The molecule has 0 unspecified atom stereocenters. The Morgan fingerprint density at radius 1 is 1.31 bits per heavy atom. The molecule has 0 aromatic heterocycles. The quantitative estimate of drug-likeness (QED) is 0.692. The number of benzene rings is 1. The van der Waals surface area contributed by atoms with Crippen LogP contribution in [0.15, 0.2) is 12.1 Å². The summed E-state index contributed by atoms with van der Waals surface area (Å²) in [4.78, 5) is 0.198. The summed E-state index contributed by atoms with van der Waals surface area (Å²) in [5.41, 5.74) is 4.97. The third-order valence-corrected chi connectivity index (χ3v) is 3.66. The van der Waals surface area contributed by atoms with E-state index in [9.17, 15) is 5.11 Å². The van der Waals surface area contributed by atoms with Gasteiger partial charge in [0.2, 0.25) is 0 Å². The van der Waals surface area contributed by atoms with Crippen LogP contribution in [0.4, 0.5) is 0 Å². The fraction of sp³-hybridized carbons (Fsp3) is 0.455. The lowest BCUT2D eigenvalue weighted by Gasteiger charge is -2.08. The summed E-state index contributed by atoms with van der Waals surface area (Å²) in [5.74, 6) is 0. The van der Waals surface area contributed by atoms with Gasteiger partial charge in [0.1, 0.15) is 0 Å². The average Bonchev–Trinajstić information content (AvgIpc) is 2.32. The van der Waals surface area contributed by atoms with Crippen molar-refractivity contribution in [2.75, 3.05) is 0 Å². The molecule has 1 aromatic rings. The zero-order chi connectivity index (χ0) is 9.59. The standard InChI is InChI=1S/C11H13BrO/c1-6-3-8-5-10(12)11(13)9(8)4-7(6)2/h3-4,10-11,13H,5H2,1-2H3/t10-,11+/m1/s1. The SMILES string of the molecule is Cc1cc2c(cc1C)[C@H](O)[C@H](Br)C2. The smallest absolute Gasteiger partial charge is 0.0920 e. The molecule has 0 aliphatic heterocycles. The van der Waals surface area contributed by atoms with Crippen LogP contribution in [0.2, 0.25) is 0 Å². The van der Waals surface area contributed by atoms with Gasteiger partial charge < -0.3 is 5.11 Å². The van der Waals surface area contributed by atoms with Gasteiger partial charge in [-0.2, -0.15) is 0 Å². The summed E-state index contributed by atoms with van der Waals surface area (Å²) < 4.78 is 0. The highest BCUT2D eigenvalue weighted by molar-refractivity contribution is 9.09. The van der Waals surface area contributed by atoms with E-state index in [0.29, 0.717) is 0 Å². The van der Waals surface area contributed by atoms with Crippen LogP contribution in [0.1, 0.15) is 28.4 Å². The number of rotatable bonds is 0. The van der Waals surface area contributed by atoms with Gasteiger partial charge in [0.25, 0.3) is 0 Å². The molecule has 1 aromatic carbocycles. The van der Waals surface area contributed by atoms with Gasteiger partial charge in [-0.15, -0.1) is 0 Å². The number of halogens is 1. The molecule has 2 heteroatoms. The van der Waals surface area contributed by atoms with Gasteiger partial charge in [0.05, 0.1) is 6.10 Å². The molecular formula is C11H13BrO. The number of fused-ring (bicyclic) bond motifs is 1. The van der Waals surface area contributed by atoms with E-state index in [1.54, 1.807) is 0 Å². The Labute approximate surface area is 86.9 Å². The van der Waals surface area contributed by atoms with Crippen molar-refractivity contribution in [3.63, 3.8) is 0 Å². The molecule has 2 rings (SSSR count). The Morgan fingerprint density at radius 3 is 2.62 bits per heavy atom. The van der Waals surface area contributed by atoms with Gasteiger partial charge in [-0.1, -0.05) is 28.1 Å². The molecule has 2 atom stereocenters. The zero-order valence-electron chi connectivity index (χ0n) is 7.84. The predicted octanol–water partition coefficient (Wildman–Crippen LogP) is 2.66. The molecule has 0 bridgehead atoms. The maximum absolute atomic E-state index is 9.82. The monoisotopic (exact) mass is 240 g/mol. The van der Waals surface area contributed by atoms with Crippen molar-refractivity contribution in [1.82, 2.24) is 0 Å². The maximum atomic E-state index is 9.82. The summed E-state index contributed by atoms with van der Waals surface area (Å²) in [5, 5.41) is 9.82. The summed E-state index contributed by atoms with van der Waals surface area (Å²) >= 11 is 3.48. The normalized spacial score (nSPS) is 26.2. The van der Waals surface area contributed by atoms with Crippen molar-refractivity contribution in [3.05, 3.63) is 34.4 Å². The molecule has 1 N–H and O–H groups in total. The van der Waals surface area contributed by atoms with Crippen LogP contribution in [0, 0.1) is 13.8 Å². The maximum Gasteiger partial charge on any atom is 0.0920 e. The largest absolute Gasteiger partial charge is 0.387 e. The lowest BCUT2D eigenvalue weighted by atomic mass is 10.0. The number of hydrogen-bond donors (Lipinski definition) is 1. The van der Waals surface area contributed by atoms with E-state index in [2.05, 4.69) is 41.9 Å². The van der Waals surface area contributed by atoms with Gasteiger partial charge in [0.15, 0.2) is 0 Å². The minimum absolute atomic E-state index is 0.198. The van der Waals surface area contributed by atoms with E-state index in [-0.39, 0.29) is 10.9 Å². The Hall–Kier alpha value is -0.340. The predicted molar refractivity (Wildman–Crippen MR) is 57.3 cm³/mol. The van der Waals surface area contributed by atoms with E-state index in [4.69, 9.17) is 0 Å². The molecule has 1 nitrogen and oxygen atoms in total. The second-order valence-electron chi connectivity index (χ2n) is 3.80. The van der Waals surface area contributed by atoms with Crippen molar-refractivity contribution < 1.29 is 5.11 Å². The molecule has 0 amide bonds. The highest BCUT2D eigenvalue weighted by Gasteiger charge is 2.28. The van der Waals surface area contributed by atoms with Crippen molar-refractivity contribution >= 4 is 15.9 Å². The molecule has 0 saturated heterocycles. The Kier molecular flexibility index (Phi) is 2.20.